The molecular formula is C19H19N3O2S. The molecule has 1 amide bonds. The molecule has 6 heteroatoms. The standard InChI is InChI=1S/C19H19N3O2S/c1-13-5-7-17(24-2)15(10-13)16-12-25-19(21-16)22-18(23)8-6-14-4-3-9-20-11-14/h3-5,7,9-12H,6,8H2,1-2H3,(H,21,22,23). The van der Waals surface area contributed by atoms with Gasteiger partial charge in [0.05, 0.1) is 12.8 Å². The Labute approximate surface area is 150 Å². The number of thiazole rings is 1. The van der Waals surface area contributed by atoms with Gasteiger partial charge in [-0.3, -0.25) is 9.78 Å². The highest BCUT2D eigenvalue weighted by Crippen LogP contribution is 2.32. The van der Waals surface area contributed by atoms with Gasteiger partial charge in [0.1, 0.15) is 5.75 Å². The van der Waals surface area contributed by atoms with Crippen LogP contribution in [0.4, 0.5) is 5.13 Å². The van der Waals surface area contributed by atoms with Crippen LogP contribution >= 0.6 is 11.3 Å². The maximum absolute atomic E-state index is 12.1. The van der Waals surface area contributed by atoms with E-state index in [9.17, 15) is 4.79 Å². The van der Waals surface area contributed by atoms with E-state index in [0.29, 0.717) is 18.0 Å². The van der Waals surface area contributed by atoms with Crippen molar-refractivity contribution in [3.05, 3.63) is 59.2 Å². The first-order valence-corrected chi connectivity index (χ1v) is 8.83. The second kappa shape index (κ2) is 7.90. The lowest BCUT2D eigenvalue weighted by atomic mass is 10.1. The minimum atomic E-state index is -0.0547. The number of amides is 1. The number of methoxy groups -OCH3 is 1. The van der Waals surface area contributed by atoms with Gasteiger partial charge in [-0.15, -0.1) is 11.3 Å². The predicted octanol–water partition coefficient (Wildman–Crippen LogP) is 4.09. The first-order chi connectivity index (χ1) is 12.2. The number of hydrogen-bond donors (Lipinski definition) is 1. The predicted molar refractivity (Wildman–Crippen MR) is 100 cm³/mol. The van der Waals surface area contributed by atoms with Gasteiger partial charge in [0.25, 0.3) is 0 Å². The van der Waals surface area contributed by atoms with Gasteiger partial charge in [0.15, 0.2) is 5.13 Å². The zero-order valence-corrected chi connectivity index (χ0v) is 15.0. The topological polar surface area (TPSA) is 64.1 Å². The largest absolute Gasteiger partial charge is 0.496 e. The fraction of sp³-hybridized carbons (Fsp3) is 0.211. The Morgan fingerprint density at radius 1 is 1.32 bits per heavy atom. The minimum absolute atomic E-state index is 0.0547. The number of aryl methyl sites for hydroxylation is 2. The van der Waals surface area contributed by atoms with Crippen LogP contribution in [0.3, 0.4) is 0 Å². The first-order valence-electron chi connectivity index (χ1n) is 7.95. The van der Waals surface area contributed by atoms with Crippen molar-refractivity contribution in [3.63, 3.8) is 0 Å². The molecule has 0 atom stereocenters. The van der Waals surface area contributed by atoms with Crippen LogP contribution in [0.1, 0.15) is 17.5 Å². The molecule has 0 radical (unpaired) electrons. The molecule has 0 bridgehead atoms. The normalized spacial score (nSPS) is 10.5. The molecule has 0 saturated heterocycles. The van der Waals surface area contributed by atoms with Crippen molar-refractivity contribution >= 4 is 22.4 Å². The van der Waals surface area contributed by atoms with Crippen molar-refractivity contribution in [2.45, 2.75) is 19.8 Å². The number of carbonyl (C=O) groups is 1. The summed E-state index contributed by atoms with van der Waals surface area (Å²) in [5.41, 5.74) is 3.90. The summed E-state index contributed by atoms with van der Waals surface area (Å²) in [7, 11) is 1.64. The third-order valence-corrected chi connectivity index (χ3v) is 4.50. The molecule has 2 aromatic heterocycles. The average molecular weight is 353 g/mol. The number of rotatable bonds is 6. The fourth-order valence-corrected chi connectivity index (χ4v) is 3.19. The number of nitrogens with one attached hydrogen (secondary N) is 1. The summed E-state index contributed by atoms with van der Waals surface area (Å²) in [6.07, 6.45) is 4.55. The van der Waals surface area contributed by atoms with E-state index in [1.807, 2.05) is 42.6 Å². The highest BCUT2D eigenvalue weighted by atomic mass is 32.1. The maximum Gasteiger partial charge on any atom is 0.226 e. The summed E-state index contributed by atoms with van der Waals surface area (Å²) >= 11 is 1.41. The molecule has 0 aliphatic heterocycles. The molecule has 1 N–H and O–H groups in total. The molecule has 0 saturated carbocycles. The lowest BCUT2D eigenvalue weighted by molar-refractivity contribution is -0.116. The number of hydrogen-bond acceptors (Lipinski definition) is 5. The van der Waals surface area contributed by atoms with Crippen molar-refractivity contribution in [2.24, 2.45) is 0 Å². The van der Waals surface area contributed by atoms with E-state index in [1.54, 1.807) is 19.5 Å². The van der Waals surface area contributed by atoms with Gasteiger partial charge in [0, 0.05) is 29.8 Å². The third-order valence-electron chi connectivity index (χ3n) is 3.74. The van der Waals surface area contributed by atoms with Crippen molar-refractivity contribution in [1.82, 2.24) is 9.97 Å². The molecule has 1 aromatic carbocycles. The second-order valence-electron chi connectivity index (χ2n) is 5.65. The molecule has 128 valence electrons. The van der Waals surface area contributed by atoms with Crippen LogP contribution in [0.2, 0.25) is 0 Å². The molecule has 2 heterocycles. The lowest BCUT2D eigenvalue weighted by Gasteiger charge is -2.07. The number of anilines is 1. The van der Waals surface area contributed by atoms with Crippen molar-refractivity contribution in [1.29, 1.82) is 0 Å². The average Bonchev–Trinajstić information content (AvgIpc) is 3.09. The lowest BCUT2D eigenvalue weighted by Crippen LogP contribution is -2.12. The molecule has 0 spiro atoms. The number of benzene rings is 1. The molecule has 3 rings (SSSR count). The minimum Gasteiger partial charge on any atom is -0.496 e. The maximum atomic E-state index is 12.1. The van der Waals surface area contributed by atoms with Crippen molar-refractivity contribution < 1.29 is 9.53 Å². The Bertz CT molecular complexity index is 862. The quantitative estimate of drug-likeness (QED) is 0.725. The van der Waals surface area contributed by atoms with Gasteiger partial charge < -0.3 is 10.1 Å². The van der Waals surface area contributed by atoms with E-state index in [1.165, 1.54) is 11.3 Å². The van der Waals surface area contributed by atoms with Crippen molar-refractivity contribution in [3.8, 4) is 17.0 Å². The number of nitrogens with zero attached hydrogens (tertiary/aromatic N) is 2. The number of ether oxygens (including phenoxy) is 1. The van der Waals surface area contributed by atoms with E-state index in [2.05, 4.69) is 15.3 Å². The molecule has 0 aliphatic carbocycles. The summed E-state index contributed by atoms with van der Waals surface area (Å²) < 4.78 is 5.40. The molecule has 25 heavy (non-hydrogen) atoms. The van der Waals surface area contributed by atoms with E-state index in [0.717, 1.165) is 28.1 Å². The molecule has 0 aliphatic rings. The van der Waals surface area contributed by atoms with Gasteiger partial charge >= 0.3 is 0 Å². The summed E-state index contributed by atoms with van der Waals surface area (Å²) in [5, 5.41) is 5.38. The van der Waals surface area contributed by atoms with Crippen LogP contribution in [-0.4, -0.2) is 23.0 Å². The van der Waals surface area contributed by atoms with Crippen molar-refractivity contribution in [2.75, 3.05) is 12.4 Å². The van der Waals surface area contributed by atoms with Gasteiger partial charge in [-0.05, 0) is 37.1 Å². The van der Waals surface area contributed by atoms with Crippen LogP contribution < -0.4 is 10.1 Å². The zero-order valence-electron chi connectivity index (χ0n) is 14.2. The number of pyridine rings is 1. The van der Waals surface area contributed by atoms with Crippen LogP contribution in [0.15, 0.2) is 48.1 Å². The van der Waals surface area contributed by atoms with Crippen LogP contribution in [0.5, 0.6) is 5.75 Å². The highest BCUT2D eigenvalue weighted by molar-refractivity contribution is 7.14. The van der Waals surface area contributed by atoms with Crippen LogP contribution in [-0.2, 0) is 11.2 Å². The van der Waals surface area contributed by atoms with E-state index in [-0.39, 0.29) is 5.91 Å². The summed E-state index contributed by atoms with van der Waals surface area (Å²) in [5.74, 6) is 0.714. The van der Waals surface area contributed by atoms with Gasteiger partial charge in [-0.1, -0.05) is 17.7 Å². The summed E-state index contributed by atoms with van der Waals surface area (Å²) in [6.45, 7) is 2.02. The Morgan fingerprint density at radius 2 is 2.20 bits per heavy atom. The molecule has 3 aromatic rings. The third kappa shape index (κ3) is 4.42. The van der Waals surface area contributed by atoms with Gasteiger partial charge in [0.2, 0.25) is 5.91 Å². The summed E-state index contributed by atoms with van der Waals surface area (Å²) in [4.78, 5) is 20.7. The van der Waals surface area contributed by atoms with Gasteiger partial charge in [-0.25, -0.2) is 4.98 Å². The highest BCUT2D eigenvalue weighted by Gasteiger charge is 2.12. The SMILES string of the molecule is COc1ccc(C)cc1-c1csc(NC(=O)CCc2cccnc2)n1. The first kappa shape index (κ1) is 17.1. The molecular weight excluding hydrogens is 334 g/mol. The van der Waals surface area contributed by atoms with E-state index >= 15 is 0 Å². The fourth-order valence-electron chi connectivity index (χ4n) is 2.46. The summed E-state index contributed by atoms with van der Waals surface area (Å²) in [6, 6.07) is 9.79. The van der Waals surface area contributed by atoms with Crippen LogP contribution in [0.25, 0.3) is 11.3 Å². The molecule has 0 unspecified atom stereocenters. The monoisotopic (exact) mass is 353 g/mol. The molecule has 0 fully saturated rings. The Hall–Kier alpha value is -2.73. The zero-order chi connectivity index (χ0) is 17.6. The Balaban J connectivity index is 1.65. The van der Waals surface area contributed by atoms with E-state index < -0.39 is 0 Å². The number of carbonyl (C=O) groups excluding carboxylic acids is 1. The second-order valence-corrected chi connectivity index (χ2v) is 6.51. The van der Waals surface area contributed by atoms with E-state index in [4.69, 9.17) is 4.74 Å². The smallest absolute Gasteiger partial charge is 0.226 e. The van der Waals surface area contributed by atoms with Crippen LogP contribution in [0, 0.1) is 6.92 Å². The Morgan fingerprint density at radius 3 is 2.96 bits per heavy atom. The van der Waals surface area contributed by atoms with Gasteiger partial charge in [-0.2, -0.15) is 0 Å². The molecule has 5 nitrogen and oxygen atoms in total. The Kier molecular flexibility index (Phi) is 5.40. The number of aromatic nitrogens is 2.